The highest BCUT2D eigenvalue weighted by Crippen LogP contribution is 2.15. The number of carbonyl (C=O) groups excluding carboxylic acids is 2. The van der Waals surface area contributed by atoms with Crippen LogP contribution < -0.4 is 5.32 Å². The average molecular weight is 412 g/mol. The minimum Gasteiger partial charge on any atom is -0.348 e. The normalized spacial score (nSPS) is 11.6. The highest BCUT2D eigenvalue weighted by molar-refractivity contribution is 7.89. The number of amides is 1. The van der Waals surface area contributed by atoms with E-state index in [1.54, 1.807) is 4.57 Å². The molecule has 0 saturated carbocycles. The van der Waals surface area contributed by atoms with Crippen LogP contribution in [0.15, 0.2) is 29.2 Å². The summed E-state index contributed by atoms with van der Waals surface area (Å²) in [6.45, 7) is 3.67. The van der Waals surface area contributed by atoms with Crippen molar-refractivity contribution in [1.29, 1.82) is 0 Å². The Bertz CT molecular complexity index is 993. The standard InChI is InChI=1S/C16H21N5O4S2/c1-4-21-14(18-19-16(21)26)9-17-15(23)10-20(3)27(24,25)13-7-5-12(6-8-13)11(2)22/h5-8H,4,9-10H2,1-3H3,(H,17,23)(H,19,26). The van der Waals surface area contributed by atoms with Crippen molar-refractivity contribution in [3.63, 3.8) is 0 Å². The van der Waals surface area contributed by atoms with Gasteiger partial charge in [-0.05, 0) is 38.2 Å². The summed E-state index contributed by atoms with van der Waals surface area (Å²) in [6.07, 6.45) is 0. The second-order valence-corrected chi connectivity index (χ2v) is 8.24. The maximum Gasteiger partial charge on any atom is 0.243 e. The number of sulfonamides is 1. The van der Waals surface area contributed by atoms with Gasteiger partial charge >= 0.3 is 0 Å². The molecule has 1 aromatic carbocycles. The van der Waals surface area contributed by atoms with Crippen LogP contribution in [-0.2, 0) is 27.9 Å². The van der Waals surface area contributed by atoms with Crippen LogP contribution in [0.5, 0.6) is 0 Å². The number of hydrogen-bond acceptors (Lipinski definition) is 6. The minimum absolute atomic E-state index is 0.00896. The fraction of sp³-hybridized carbons (Fsp3) is 0.375. The summed E-state index contributed by atoms with van der Waals surface area (Å²) in [4.78, 5) is 23.4. The first kappa shape index (κ1) is 20.9. The van der Waals surface area contributed by atoms with Crippen molar-refractivity contribution in [2.45, 2.75) is 31.8 Å². The number of H-pyrrole nitrogens is 1. The summed E-state index contributed by atoms with van der Waals surface area (Å²) < 4.78 is 28.2. The van der Waals surface area contributed by atoms with Crippen molar-refractivity contribution in [3.8, 4) is 0 Å². The topological polar surface area (TPSA) is 117 Å². The molecule has 0 aliphatic rings. The number of rotatable bonds is 8. The molecule has 0 fully saturated rings. The van der Waals surface area contributed by atoms with E-state index in [9.17, 15) is 18.0 Å². The molecule has 2 N–H and O–H groups in total. The number of ketones is 1. The molecule has 1 heterocycles. The molecule has 0 radical (unpaired) electrons. The molecule has 0 bridgehead atoms. The number of hydrogen-bond donors (Lipinski definition) is 2. The van der Waals surface area contributed by atoms with Crippen molar-refractivity contribution in [1.82, 2.24) is 24.4 Å². The lowest BCUT2D eigenvalue weighted by molar-refractivity contribution is -0.121. The molecule has 0 unspecified atom stereocenters. The zero-order valence-corrected chi connectivity index (χ0v) is 16.9. The SMILES string of the molecule is CCn1c(CNC(=O)CN(C)S(=O)(=O)c2ccc(C(C)=O)cc2)n[nH]c1=S. The quantitative estimate of drug-likeness (QED) is 0.496. The maximum absolute atomic E-state index is 12.6. The first-order valence-corrected chi connectivity index (χ1v) is 9.99. The molecule has 11 heteroatoms. The number of nitrogens with one attached hydrogen (secondary N) is 2. The molecule has 0 atom stereocenters. The monoisotopic (exact) mass is 411 g/mol. The van der Waals surface area contributed by atoms with Gasteiger partial charge in [0.2, 0.25) is 15.9 Å². The zero-order valence-electron chi connectivity index (χ0n) is 15.2. The molecular weight excluding hydrogens is 390 g/mol. The van der Waals surface area contributed by atoms with E-state index in [1.807, 2.05) is 6.92 Å². The Morgan fingerprint density at radius 1 is 1.30 bits per heavy atom. The van der Waals surface area contributed by atoms with E-state index in [0.29, 0.717) is 22.7 Å². The van der Waals surface area contributed by atoms with Crippen LogP contribution in [0.25, 0.3) is 0 Å². The molecular formula is C16H21N5O4S2. The number of benzene rings is 1. The highest BCUT2D eigenvalue weighted by Gasteiger charge is 2.23. The molecule has 0 aliphatic heterocycles. The summed E-state index contributed by atoms with van der Waals surface area (Å²) >= 11 is 5.07. The Morgan fingerprint density at radius 3 is 2.48 bits per heavy atom. The zero-order chi connectivity index (χ0) is 20.2. The predicted octanol–water partition coefficient (Wildman–Crippen LogP) is 1.10. The smallest absolute Gasteiger partial charge is 0.243 e. The molecule has 0 saturated heterocycles. The first-order valence-electron chi connectivity index (χ1n) is 8.15. The molecule has 9 nitrogen and oxygen atoms in total. The van der Waals surface area contributed by atoms with Gasteiger partial charge in [0.25, 0.3) is 0 Å². The maximum atomic E-state index is 12.6. The van der Waals surface area contributed by atoms with Gasteiger partial charge in [0, 0.05) is 19.2 Å². The fourth-order valence-corrected chi connectivity index (χ4v) is 3.78. The van der Waals surface area contributed by atoms with Crippen LogP contribution in [-0.4, -0.2) is 52.8 Å². The third kappa shape index (κ3) is 4.87. The van der Waals surface area contributed by atoms with Crippen LogP contribution >= 0.6 is 12.2 Å². The van der Waals surface area contributed by atoms with Crippen molar-refractivity contribution >= 4 is 33.9 Å². The van der Waals surface area contributed by atoms with Crippen LogP contribution in [0.2, 0.25) is 0 Å². The van der Waals surface area contributed by atoms with E-state index in [1.165, 1.54) is 38.2 Å². The van der Waals surface area contributed by atoms with Gasteiger partial charge in [0.15, 0.2) is 16.4 Å². The summed E-state index contributed by atoms with van der Waals surface area (Å²) in [5, 5.41) is 9.30. The molecule has 1 amide bonds. The predicted molar refractivity (Wildman–Crippen MR) is 101 cm³/mol. The van der Waals surface area contributed by atoms with Crippen molar-refractivity contribution in [3.05, 3.63) is 40.4 Å². The summed E-state index contributed by atoms with van der Waals surface area (Å²) in [7, 11) is -2.54. The average Bonchev–Trinajstić information content (AvgIpc) is 2.99. The molecule has 1 aromatic heterocycles. The van der Waals surface area contributed by atoms with Gasteiger partial charge < -0.3 is 9.88 Å². The second kappa shape index (κ2) is 8.55. The molecule has 0 spiro atoms. The number of carbonyl (C=O) groups is 2. The van der Waals surface area contributed by atoms with Gasteiger partial charge in [-0.2, -0.15) is 9.40 Å². The fourth-order valence-electron chi connectivity index (χ4n) is 2.37. The van der Waals surface area contributed by atoms with Crippen LogP contribution in [0, 0.1) is 4.77 Å². The second-order valence-electron chi connectivity index (χ2n) is 5.81. The number of aromatic nitrogens is 3. The first-order chi connectivity index (χ1) is 12.7. The number of nitrogens with zero attached hydrogens (tertiary/aromatic N) is 3. The van der Waals surface area contributed by atoms with Gasteiger partial charge in [0.05, 0.1) is 18.0 Å². The van der Waals surface area contributed by atoms with Gasteiger partial charge in [-0.25, -0.2) is 8.42 Å². The summed E-state index contributed by atoms with van der Waals surface area (Å²) in [5.74, 6) is -0.0733. The number of aromatic amines is 1. The van der Waals surface area contributed by atoms with E-state index in [2.05, 4.69) is 15.5 Å². The largest absolute Gasteiger partial charge is 0.348 e. The van der Waals surface area contributed by atoms with E-state index in [4.69, 9.17) is 12.2 Å². The number of likely N-dealkylation sites (N-methyl/N-ethyl adjacent to an activating group) is 1. The van der Waals surface area contributed by atoms with Gasteiger partial charge in [-0.3, -0.25) is 14.7 Å². The Kier molecular flexibility index (Phi) is 6.63. The van der Waals surface area contributed by atoms with Crippen LogP contribution in [0.3, 0.4) is 0 Å². The van der Waals surface area contributed by atoms with Gasteiger partial charge in [0.1, 0.15) is 0 Å². The van der Waals surface area contributed by atoms with Crippen molar-refractivity contribution in [2.75, 3.05) is 13.6 Å². The van der Waals surface area contributed by atoms with E-state index in [-0.39, 0.29) is 23.8 Å². The molecule has 2 rings (SSSR count). The van der Waals surface area contributed by atoms with Crippen molar-refractivity contribution < 1.29 is 18.0 Å². The molecule has 146 valence electrons. The molecule has 27 heavy (non-hydrogen) atoms. The third-order valence-corrected chi connectivity index (χ3v) is 6.06. The third-order valence-electron chi connectivity index (χ3n) is 3.93. The number of Topliss-reactive ketones (excluding diaryl/α,β-unsaturated/α-hetero) is 1. The highest BCUT2D eigenvalue weighted by atomic mass is 32.2. The summed E-state index contributed by atoms with van der Waals surface area (Å²) in [5.41, 5.74) is 0.415. The Labute approximate surface area is 162 Å². The Hall–Kier alpha value is -2.37. The van der Waals surface area contributed by atoms with E-state index >= 15 is 0 Å². The lowest BCUT2D eigenvalue weighted by Crippen LogP contribution is -2.38. The Balaban J connectivity index is 2.01. The van der Waals surface area contributed by atoms with Crippen LogP contribution in [0.1, 0.15) is 30.0 Å². The van der Waals surface area contributed by atoms with Crippen molar-refractivity contribution in [2.24, 2.45) is 0 Å². The molecule has 0 aliphatic carbocycles. The van der Waals surface area contributed by atoms with Gasteiger partial charge in [-0.1, -0.05) is 12.1 Å². The lowest BCUT2D eigenvalue weighted by Gasteiger charge is -2.17. The minimum atomic E-state index is -3.85. The summed E-state index contributed by atoms with van der Waals surface area (Å²) in [6, 6.07) is 5.58. The molecule has 2 aromatic rings. The van der Waals surface area contributed by atoms with E-state index in [0.717, 1.165) is 4.31 Å². The lowest BCUT2D eigenvalue weighted by atomic mass is 10.2. The Morgan fingerprint density at radius 2 is 1.93 bits per heavy atom. The van der Waals surface area contributed by atoms with Gasteiger partial charge in [-0.15, -0.1) is 0 Å². The van der Waals surface area contributed by atoms with E-state index < -0.39 is 15.9 Å². The van der Waals surface area contributed by atoms with Crippen LogP contribution in [0.4, 0.5) is 0 Å².